The number of carbonyl (C=O) groups excluding carboxylic acids is 1. The lowest BCUT2D eigenvalue weighted by Crippen LogP contribution is -2.40. The number of aryl methyl sites for hydroxylation is 1. The molecule has 4 rings (SSSR count). The van der Waals surface area contributed by atoms with Crippen LogP contribution < -0.4 is 10.6 Å². The average molecular weight is 483 g/mol. The number of hydrogen-bond acceptors (Lipinski definition) is 5. The molecule has 1 saturated heterocycles. The fourth-order valence-corrected chi connectivity index (χ4v) is 4.53. The van der Waals surface area contributed by atoms with E-state index in [1.54, 1.807) is 32.2 Å². The molecule has 1 aromatic carbocycles. The van der Waals surface area contributed by atoms with Gasteiger partial charge in [-0.25, -0.2) is 0 Å². The van der Waals surface area contributed by atoms with Gasteiger partial charge >= 0.3 is 5.91 Å². The summed E-state index contributed by atoms with van der Waals surface area (Å²) in [7, 11) is 2.18. The van der Waals surface area contributed by atoms with E-state index in [-0.39, 0.29) is 0 Å². The molecular weight excluding hydrogens is 448 g/mol. The van der Waals surface area contributed by atoms with Crippen LogP contribution in [0.15, 0.2) is 42.6 Å². The first kappa shape index (κ1) is 25.4. The Balaban J connectivity index is 1.43. The number of rotatable bonds is 6. The lowest BCUT2D eigenvalue weighted by atomic mass is 9.91. The topological polar surface area (TPSA) is 86.0 Å². The van der Waals surface area contributed by atoms with E-state index in [2.05, 4.69) is 81.2 Å². The number of anilines is 1. The monoisotopic (exact) mass is 482 g/mol. The van der Waals surface area contributed by atoms with Gasteiger partial charge in [-0.05, 0) is 95.6 Å². The molecule has 3 aromatic rings. The van der Waals surface area contributed by atoms with Gasteiger partial charge in [0.2, 0.25) is 0 Å². The van der Waals surface area contributed by atoms with Crippen LogP contribution in [0.5, 0.6) is 0 Å². The first-order valence-corrected chi connectivity index (χ1v) is 12.5. The standard InChI is InChI=1S/C29H34N6O/c1-5-35-25(8-11-28(36)33-24-7-10-27(32-19-24)29(2,3)20-30)17-22-16-21(6-9-26(22)35)18-31-23-12-14-34(4)15-13-23/h6-7,9-10,16-17,19,23,31H,5,12-15,18H2,1-4H3,(H,33,36). The predicted molar refractivity (Wildman–Crippen MR) is 143 cm³/mol. The number of carbonyl (C=O) groups is 1. The van der Waals surface area contributed by atoms with E-state index in [9.17, 15) is 10.1 Å². The number of hydrogen-bond donors (Lipinski definition) is 2. The van der Waals surface area contributed by atoms with Crippen LogP contribution in [-0.2, 0) is 23.3 Å². The molecule has 1 amide bonds. The Hall–Kier alpha value is -3.65. The maximum Gasteiger partial charge on any atom is 0.300 e. The zero-order chi connectivity index (χ0) is 25.7. The number of amides is 1. The highest BCUT2D eigenvalue weighted by Crippen LogP contribution is 2.22. The Labute approximate surface area is 213 Å². The van der Waals surface area contributed by atoms with Crippen LogP contribution in [0.25, 0.3) is 10.9 Å². The number of aromatic nitrogens is 2. The van der Waals surface area contributed by atoms with Gasteiger partial charge in [0.1, 0.15) is 0 Å². The fourth-order valence-electron chi connectivity index (χ4n) is 4.53. The molecule has 0 saturated carbocycles. The van der Waals surface area contributed by atoms with Crippen LogP contribution in [-0.4, -0.2) is 46.5 Å². The van der Waals surface area contributed by atoms with Gasteiger partial charge in [-0.3, -0.25) is 9.78 Å². The van der Waals surface area contributed by atoms with Gasteiger partial charge in [0.05, 0.1) is 34.8 Å². The molecule has 2 aromatic heterocycles. The van der Waals surface area contributed by atoms with Crippen LogP contribution in [0.4, 0.5) is 5.69 Å². The highest BCUT2D eigenvalue weighted by molar-refractivity contribution is 6.04. The van der Waals surface area contributed by atoms with Crippen molar-refractivity contribution in [3.63, 3.8) is 0 Å². The maximum atomic E-state index is 12.5. The van der Waals surface area contributed by atoms with Crippen LogP contribution in [0.2, 0.25) is 0 Å². The third-order valence-electron chi connectivity index (χ3n) is 6.84. The Morgan fingerprint density at radius 1 is 1.19 bits per heavy atom. The minimum atomic E-state index is -0.682. The molecule has 0 radical (unpaired) electrons. The van der Waals surface area contributed by atoms with E-state index in [1.165, 1.54) is 18.4 Å². The summed E-state index contributed by atoms with van der Waals surface area (Å²) in [5.41, 5.74) is 3.70. The van der Waals surface area contributed by atoms with Crippen molar-refractivity contribution < 1.29 is 4.79 Å². The molecule has 2 N–H and O–H groups in total. The number of piperidine rings is 1. The third-order valence-corrected chi connectivity index (χ3v) is 6.84. The van der Waals surface area contributed by atoms with E-state index < -0.39 is 11.3 Å². The van der Waals surface area contributed by atoms with Crippen molar-refractivity contribution in [1.29, 1.82) is 5.26 Å². The maximum absolute atomic E-state index is 12.5. The number of likely N-dealkylation sites (tertiary alicyclic amines) is 1. The van der Waals surface area contributed by atoms with Crippen molar-refractivity contribution in [2.45, 2.75) is 58.2 Å². The van der Waals surface area contributed by atoms with Gasteiger partial charge in [0.15, 0.2) is 0 Å². The SMILES string of the molecule is CCn1c(C#CC(=O)Nc2ccc(C(C)(C)C#N)nc2)cc2cc(CNC3CCN(C)CC3)ccc21. The molecule has 7 nitrogen and oxygen atoms in total. The van der Waals surface area contributed by atoms with Crippen LogP contribution >= 0.6 is 0 Å². The number of pyridine rings is 1. The minimum absolute atomic E-state index is 0.403. The number of nitrogens with zero attached hydrogens (tertiary/aromatic N) is 4. The molecule has 1 aliphatic heterocycles. The highest BCUT2D eigenvalue weighted by atomic mass is 16.1. The van der Waals surface area contributed by atoms with Gasteiger partial charge < -0.3 is 20.1 Å². The van der Waals surface area contributed by atoms with Crippen LogP contribution in [0.1, 0.15) is 50.6 Å². The van der Waals surface area contributed by atoms with Gasteiger partial charge in [-0.2, -0.15) is 5.26 Å². The van der Waals surface area contributed by atoms with Crippen molar-refractivity contribution in [3.8, 4) is 17.9 Å². The molecule has 0 bridgehead atoms. The van der Waals surface area contributed by atoms with Crippen molar-refractivity contribution in [2.24, 2.45) is 0 Å². The largest absolute Gasteiger partial charge is 0.334 e. The van der Waals surface area contributed by atoms with Gasteiger partial charge in [0.25, 0.3) is 0 Å². The number of nitrogens with one attached hydrogen (secondary N) is 2. The molecule has 36 heavy (non-hydrogen) atoms. The second kappa shape index (κ2) is 11.0. The zero-order valence-electron chi connectivity index (χ0n) is 21.6. The second-order valence-corrected chi connectivity index (χ2v) is 10.00. The molecule has 0 aliphatic carbocycles. The minimum Gasteiger partial charge on any atom is -0.334 e. The molecule has 0 spiro atoms. The highest BCUT2D eigenvalue weighted by Gasteiger charge is 2.21. The van der Waals surface area contributed by atoms with Crippen molar-refractivity contribution in [1.82, 2.24) is 19.8 Å². The Morgan fingerprint density at radius 2 is 1.97 bits per heavy atom. The van der Waals surface area contributed by atoms with Crippen molar-refractivity contribution in [2.75, 3.05) is 25.5 Å². The van der Waals surface area contributed by atoms with Gasteiger partial charge in [0, 0.05) is 36.0 Å². The Bertz CT molecular complexity index is 1330. The second-order valence-electron chi connectivity index (χ2n) is 10.00. The summed E-state index contributed by atoms with van der Waals surface area (Å²) in [6, 6.07) is 14.9. The summed E-state index contributed by atoms with van der Waals surface area (Å²) in [5.74, 6) is 5.35. The van der Waals surface area contributed by atoms with E-state index in [0.29, 0.717) is 17.4 Å². The predicted octanol–water partition coefficient (Wildman–Crippen LogP) is 4.03. The van der Waals surface area contributed by atoms with E-state index >= 15 is 0 Å². The molecule has 186 valence electrons. The number of benzene rings is 1. The molecular formula is C29H34N6O. The average Bonchev–Trinajstić information content (AvgIpc) is 3.24. The summed E-state index contributed by atoms with van der Waals surface area (Å²) in [6.07, 6.45) is 3.92. The molecule has 7 heteroatoms. The van der Waals surface area contributed by atoms with Crippen molar-refractivity contribution in [3.05, 3.63) is 59.5 Å². The quantitative estimate of drug-likeness (QED) is 0.518. The summed E-state index contributed by atoms with van der Waals surface area (Å²) in [4.78, 5) is 19.2. The molecule has 1 aliphatic rings. The van der Waals surface area contributed by atoms with Gasteiger partial charge in [-0.15, -0.1) is 0 Å². The lowest BCUT2D eigenvalue weighted by molar-refractivity contribution is -0.111. The summed E-state index contributed by atoms with van der Waals surface area (Å²) < 4.78 is 2.13. The first-order chi connectivity index (χ1) is 17.3. The van der Waals surface area contributed by atoms with E-state index in [0.717, 1.165) is 42.8 Å². The van der Waals surface area contributed by atoms with Crippen molar-refractivity contribution >= 4 is 22.5 Å². The fraction of sp³-hybridized carbons (Fsp3) is 0.414. The lowest BCUT2D eigenvalue weighted by Gasteiger charge is -2.29. The normalized spacial score (nSPS) is 14.8. The summed E-state index contributed by atoms with van der Waals surface area (Å²) in [5, 5.41) is 16.8. The molecule has 0 unspecified atom stereocenters. The number of fused-ring (bicyclic) bond motifs is 1. The van der Waals surface area contributed by atoms with E-state index in [4.69, 9.17) is 0 Å². The number of nitriles is 1. The smallest absolute Gasteiger partial charge is 0.300 e. The van der Waals surface area contributed by atoms with E-state index in [1.807, 2.05) is 0 Å². The van der Waals surface area contributed by atoms with Gasteiger partial charge in [-0.1, -0.05) is 6.07 Å². The summed E-state index contributed by atoms with van der Waals surface area (Å²) in [6.45, 7) is 9.60. The molecule has 3 heterocycles. The Kier molecular flexibility index (Phi) is 7.74. The van der Waals surface area contributed by atoms with Crippen LogP contribution in [0.3, 0.4) is 0 Å². The third kappa shape index (κ3) is 5.94. The summed E-state index contributed by atoms with van der Waals surface area (Å²) >= 11 is 0. The van der Waals surface area contributed by atoms with Crippen LogP contribution in [0, 0.1) is 23.2 Å². The molecule has 1 fully saturated rings. The Morgan fingerprint density at radius 3 is 2.64 bits per heavy atom. The zero-order valence-corrected chi connectivity index (χ0v) is 21.6. The molecule has 0 atom stereocenters. The first-order valence-electron chi connectivity index (χ1n) is 12.5.